The molecule has 0 saturated heterocycles. The first-order chi connectivity index (χ1) is 11.6. The number of hydrogen-bond acceptors (Lipinski definition) is 2. The van der Waals surface area contributed by atoms with E-state index in [0.717, 1.165) is 11.1 Å². The van der Waals surface area contributed by atoms with E-state index in [0.29, 0.717) is 22.5 Å². The van der Waals surface area contributed by atoms with Crippen LogP contribution in [0.25, 0.3) is 11.4 Å². The summed E-state index contributed by atoms with van der Waals surface area (Å²) in [4.78, 5) is 28.9. The second-order valence-corrected chi connectivity index (χ2v) is 5.91. The normalized spacial score (nSPS) is 17.2. The highest BCUT2D eigenvalue weighted by molar-refractivity contribution is 6.30. The van der Waals surface area contributed by atoms with Gasteiger partial charge in [-0.3, -0.25) is 9.59 Å². The van der Waals surface area contributed by atoms with Crippen molar-refractivity contribution in [2.75, 3.05) is 14.1 Å². The minimum atomic E-state index is -0.139. The van der Waals surface area contributed by atoms with Gasteiger partial charge in [-0.2, -0.15) is 0 Å². The summed E-state index contributed by atoms with van der Waals surface area (Å²) in [6.45, 7) is 0. The second-order valence-electron chi connectivity index (χ2n) is 5.91. The Bertz CT molecular complexity index is 834. The molecule has 4 rings (SSSR count). The Labute approximate surface area is 140 Å². The zero-order chi connectivity index (χ0) is 16.8. The maximum absolute atomic E-state index is 12.9. The summed E-state index contributed by atoms with van der Waals surface area (Å²) in [6.07, 6.45) is 0. The summed E-state index contributed by atoms with van der Waals surface area (Å²) in [5, 5.41) is 0. The molecule has 4 nitrogen and oxygen atoms in total. The lowest BCUT2D eigenvalue weighted by atomic mass is 10.0. The molecule has 4 heteroatoms. The lowest BCUT2D eigenvalue weighted by molar-refractivity contribution is -0.123. The van der Waals surface area contributed by atoms with Gasteiger partial charge >= 0.3 is 0 Å². The van der Waals surface area contributed by atoms with E-state index in [2.05, 4.69) is 0 Å². The highest BCUT2D eigenvalue weighted by Crippen LogP contribution is 2.44. The zero-order valence-corrected chi connectivity index (χ0v) is 13.5. The number of fused-ring (bicyclic) bond motifs is 1. The number of benzene rings is 2. The molecule has 0 saturated carbocycles. The Morgan fingerprint density at radius 3 is 1.25 bits per heavy atom. The molecular weight excluding hydrogens is 300 g/mol. The van der Waals surface area contributed by atoms with E-state index in [1.807, 2.05) is 60.7 Å². The molecule has 0 bridgehead atoms. The van der Waals surface area contributed by atoms with Crippen molar-refractivity contribution in [1.82, 2.24) is 9.80 Å². The van der Waals surface area contributed by atoms with E-state index < -0.39 is 0 Å². The number of rotatable bonds is 2. The van der Waals surface area contributed by atoms with Gasteiger partial charge in [-0.05, 0) is 11.1 Å². The minimum absolute atomic E-state index is 0.139. The van der Waals surface area contributed by atoms with Gasteiger partial charge in [-0.25, -0.2) is 0 Å². The van der Waals surface area contributed by atoms with E-state index in [1.54, 1.807) is 23.9 Å². The lowest BCUT2D eigenvalue weighted by Gasteiger charge is -2.19. The SMILES string of the molecule is CN1C(=O)C2=C(c3ccccc3)N(C)C(=O)C2=C1c1ccccc1. The van der Waals surface area contributed by atoms with E-state index in [4.69, 9.17) is 0 Å². The smallest absolute Gasteiger partial charge is 0.261 e. The number of carbonyl (C=O) groups excluding carboxylic acids is 2. The quantitative estimate of drug-likeness (QED) is 0.855. The van der Waals surface area contributed by atoms with Crippen LogP contribution in [0.2, 0.25) is 0 Å². The standard InChI is InChI=1S/C20H16N2O2/c1-21-17(13-9-5-3-6-10-13)15-16(19(21)23)18(22(2)20(15)24)14-11-7-4-8-12-14/h3-12H,1-2H3. The lowest BCUT2D eigenvalue weighted by Crippen LogP contribution is -2.25. The molecular formula is C20H16N2O2. The average molecular weight is 316 g/mol. The number of hydrogen-bond donors (Lipinski definition) is 0. The van der Waals surface area contributed by atoms with Crippen molar-refractivity contribution in [3.8, 4) is 0 Å². The number of carbonyl (C=O) groups is 2. The third kappa shape index (κ3) is 1.86. The molecule has 0 atom stereocenters. The van der Waals surface area contributed by atoms with Crippen LogP contribution in [-0.4, -0.2) is 35.7 Å². The van der Waals surface area contributed by atoms with Crippen LogP contribution in [0.5, 0.6) is 0 Å². The fourth-order valence-electron chi connectivity index (χ4n) is 3.40. The summed E-state index contributed by atoms with van der Waals surface area (Å²) in [5.74, 6) is -0.277. The first-order valence-corrected chi connectivity index (χ1v) is 7.77. The molecule has 2 aromatic rings. The molecule has 0 aromatic heterocycles. The largest absolute Gasteiger partial charge is 0.310 e. The average Bonchev–Trinajstić information content (AvgIpc) is 3.02. The molecule has 118 valence electrons. The Balaban J connectivity index is 2.01. The highest BCUT2D eigenvalue weighted by Gasteiger charge is 2.46. The molecule has 0 N–H and O–H groups in total. The van der Waals surface area contributed by atoms with Crippen molar-refractivity contribution < 1.29 is 9.59 Å². The molecule has 0 unspecified atom stereocenters. The van der Waals surface area contributed by atoms with E-state index in [-0.39, 0.29) is 11.8 Å². The van der Waals surface area contributed by atoms with E-state index in [1.165, 1.54) is 0 Å². The van der Waals surface area contributed by atoms with Crippen molar-refractivity contribution >= 4 is 23.2 Å². The van der Waals surface area contributed by atoms with Crippen LogP contribution >= 0.6 is 0 Å². The fourth-order valence-corrected chi connectivity index (χ4v) is 3.40. The number of likely N-dealkylation sites (N-methyl/N-ethyl adjacent to an activating group) is 2. The van der Waals surface area contributed by atoms with Crippen LogP contribution in [-0.2, 0) is 9.59 Å². The van der Waals surface area contributed by atoms with Gasteiger partial charge in [0.2, 0.25) is 0 Å². The predicted octanol–water partition coefficient (Wildman–Crippen LogP) is 2.75. The molecule has 2 amide bonds. The molecule has 0 spiro atoms. The maximum atomic E-state index is 12.9. The van der Waals surface area contributed by atoms with Gasteiger partial charge in [-0.15, -0.1) is 0 Å². The first kappa shape index (κ1) is 14.5. The van der Waals surface area contributed by atoms with Crippen molar-refractivity contribution in [3.05, 3.63) is 82.9 Å². The zero-order valence-electron chi connectivity index (χ0n) is 13.5. The van der Waals surface area contributed by atoms with Crippen LogP contribution in [0.3, 0.4) is 0 Å². The Kier molecular flexibility index (Phi) is 3.13. The maximum Gasteiger partial charge on any atom is 0.261 e. The molecule has 2 aliphatic rings. The predicted molar refractivity (Wildman–Crippen MR) is 92.3 cm³/mol. The Morgan fingerprint density at radius 2 is 0.917 bits per heavy atom. The minimum Gasteiger partial charge on any atom is -0.310 e. The van der Waals surface area contributed by atoms with Crippen LogP contribution in [0, 0.1) is 0 Å². The summed E-state index contributed by atoms with van der Waals surface area (Å²) < 4.78 is 0. The van der Waals surface area contributed by atoms with Crippen LogP contribution < -0.4 is 0 Å². The first-order valence-electron chi connectivity index (χ1n) is 7.77. The third-order valence-electron chi connectivity index (χ3n) is 4.53. The fraction of sp³-hybridized carbons (Fsp3) is 0.100. The van der Waals surface area contributed by atoms with Gasteiger partial charge in [0.15, 0.2) is 0 Å². The van der Waals surface area contributed by atoms with Crippen molar-refractivity contribution in [2.45, 2.75) is 0 Å². The molecule has 2 heterocycles. The number of nitrogens with zero attached hydrogens (tertiary/aromatic N) is 2. The molecule has 2 aromatic carbocycles. The van der Waals surface area contributed by atoms with Crippen LogP contribution in [0.1, 0.15) is 11.1 Å². The van der Waals surface area contributed by atoms with Crippen molar-refractivity contribution in [3.63, 3.8) is 0 Å². The molecule has 0 radical (unpaired) electrons. The van der Waals surface area contributed by atoms with Gasteiger partial charge in [0.1, 0.15) is 0 Å². The van der Waals surface area contributed by atoms with Gasteiger partial charge in [0.25, 0.3) is 11.8 Å². The topological polar surface area (TPSA) is 40.6 Å². The monoisotopic (exact) mass is 316 g/mol. The van der Waals surface area contributed by atoms with Crippen molar-refractivity contribution in [2.24, 2.45) is 0 Å². The Morgan fingerprint density at radius 1 is 0.583 bits per heavy atom. The van der Waals surface area contributed by atoms with Gasteiger partial charge in [0.05, 0.1) is 22.5 Å². The molecule has 24 heavy (non-hydrogen) atoms. The number of amides is 2. The van der Waals surface area contributed by atoms with Gasteiger partial charge in [-0.1, -0.05) is 60.7 Å². The van der Waals surface area contributed by atoms with E-state index in [9.17, 15) is 9.59 Å². The van der Waals surface area contributed by atoms with Gasteiger partial charge in [0, 0.05) is 14.1 Å². The van der Waals surface area contributed by atoms with Crippen molar-refractivity contribution in [1.29, 1.82) is 0 Å². The molecule has 2 aliphatic heterocycles. The van der Waals surface area contributed by atoms with E-state index >= 15 is 0 Å². The Hall–Kier alpha value is -3.14. The summed E-state index contributed by atoms with van der Waals surface area (Å²) >= 11 is 0. The molecule has 0 fully saturated rings. The summed E-state index contributed by atoms with van der Waals surface area (Å²) in [6, 6.07) is 19.1. The second kappa shape index (κ2) is 5.20. The summed E-state index contributed by atoms with van der Waals surface area (Å²) in [7, 11) is 3.44. The molecule has 0 aliphatic carbocycles. The summed E-state index contributed by atoms with van der Waals surface area (Å²) in [5.41, 5.74) is 4.09. The highest BCUT2D eigenvalue weighted by atomic mass is 16.2. The van der Waals surface area contributed by atoms with Gasteiger partial charge < -0.3 is 9.80 Å². The third-order valence-corrected chi connectivity index (χ3v) is 4.53. The van der Waals surface area contributed by atoms with Crippen LogP contribution in [0.4, 0.5) is 0 Å². The van der Waals surface area contributed by atoms with Crippen LogP contribution in [0.15, 0.2) is 71.8 Å².